The van der Waals surface area contributed by atoms with E-state index in [0.717, 1.165) is 29.3 Å². The first-order valence-electron chi connectivity index (χ1n) is 10.1. The molecule has 1 heterocycles. The highest BCUT2D eigenvalue weighted by Gasteiger charge is 2.27. The molecule has 2 N–H and O–H groups in total. The van der Waals surface area contributed by atoms with Crippen LogP contribution in [0.15, 0.2) is 71.3 Å². The van der Waals surface area contributed by atoms with Crippen molar-refractivity contribution in [1.29, 1.82) is 0 Å². The number of ether oxygens (including phenoxy) is 1. The molecule has 1 aliphatic rings. The molecule has 1 aliphatic carbocycles. The van der Waals surface area contributed by atoms with Gasteiger partial charge in [0.15, 0.2) is 0 Å². The van der Waals surface area contributed by atoms with Gasteiger partial charge in [-0.3, -0.25) is 5.32 Å². The van der Waals surface area contributed by atoms with Gasteiger partial charge in [0.05, 0.1) is 6.26 Å². The van der Waals surface area contributed by atoms with Gasteiger partial charge in [-0.2, -0.15) is 0 Å². The smallest absolute Gasteiger partial charge is 0.417 e. The highest BCUT2D eigenvalue weighted by molar-refractivity contribution is 5.86. The summed E-state index contributed by atoms with van der Waals surface area (Å²) in [5.74, 6) is 2.93. The summed E-state index contributed by atoms with van der Waals surface area (Å²) in [5.41, 5.74) is 2.59. The van der Waals surface area contributed by atoms with E-state index >= 15 is 0 Å². The molecular weight excluding hydrogens is 364 g/mol. The Kier molecular flexibility index (Phi) is 5.96. The van der Waals surface area contributed by atoms with Crippen LogP contribution in [0.25, 0.3) is 11.3 Å². The Balaban J connectivity index is 1.32. The maximum atomic E-state index is 12.4. The number of carbonyl (C=O) groups is 1. The van der Waals surface area contributed by atoms with Crippen molar-refractivity contribution in [3.8, 4) is 17.1 Å². The standard InChI is InChI=1S/C24H26N2O3/c1-17(18-8-9-18)15-25-16-20-5-2-3-6-23(20)29-24(27)26-21-12-10-19(11-13-21)22-7-4-14-28-22/h2-7,10-14,17-18,25H,8-9,15-16H2,1H3,(H,26,27). The monoisotopic (exact) mass is 390 g/mol. The number of rotatable bonds is 8. The summed E-state index contributed by atoms with van der Waals surface area (Å²) in [7, 11) is 0. The fourth-order valence-electron chi connectivity index (χ4n) is 3.42. The topological polar surface area (TPSA) is 63.5 Å². The quantitative estimate of drug-likeness (QED) is 0.518. The lowest BCUT2D eigenvalue weighted by Gasteiger charge is -2.14. The maximum Gasteiger partial charge on any atom is 0.417 e. The van der Waals surface area contributed by atoms with Gasteiger partial charge in [0.2, 0.25) is 0 Å². The van der Waals surface area contributed by atoms with Crippen molar-refractivity contribution in [1.82, 2.24) is 5.32 Å². The SMILES string of the molecule is CC(CNCc1ccccc1OC(=O)Nc1ccc(-c2ccco2)cc1)C1CC1. The molecule has 2 aromatic carbocycles. The largest absolute Gasteiger partial charge is 0.464 e. The van der Waals surface area contributed by atoms with E-state index in [1.165, 1.54) is 12.8 Å². The fraction of sp³-hybridized carbons (Fsp3) is 0.292. The third-order valence-corrected chi connectivity index (χ3v) is 5.32. The predicted molar refractivity (Wildman–Crippen MR) is 114 cm³/mol. The Hall–Kier alpha value is -3.05. The molecule has 29 heavy (non-hydrogen) atoms. The molecular formula is C24H26N2O3. The number of hydrogen-bond donors (Lipinski definition) is 2. The van der Waals surface area contributed by atoms with Gasteiger partial charge in [0.25, 0.3) is 0 Å². The minimum Gasteiger partial charge on any atom is -0.464 e. The highest BCUT2D eigenvalue weighted by atomic mass is 16.6. The molecule has 5 nitrogen and oxygen atoms in total. The number of benzene rings is 2. The molecule has 0 radical (unpaired) electrons. The summed E-state index contributed by atoms with van der Waals surface area (Å²) < 4.78 is 10.9. The zero-order chi connectivity index (χ0) is 20.1. The maximum absolute atomic E-state index is 12.4. The van der Waals surface area contributed by atoms with E-state index in [1.807, 2.05) is 60.7 Å². The Bertz CT molecular complexity index is 931. The second-order valence-electron chi connectivity index (χ2n) is 7.62. The Morgan fingerprint density at radius 3 is 2.62 bits per heavy atom. The Labute approximate surface area is 171 Å². The first-order valence-corrected chi connectivity index (χ1v) is 10.1. The molecule has 1 saturated carbocycles. The lowest BCUT2D eigenvalue weighted by Crippen LogP contribution is -2.23. The van der Waals surface area contributed by atoms with Crippen LogP contribution in [0.1, 0.15) is 25.3 Å². The average molecular weight is 390 g/mol. The van der Waals surface area contributed by atoms with Gasteiger partial charge in [0, 0.05) is 23.4 Å². The molecule has 0 aliphatic heterocycles. The van der Waals surface area contributed by atoms with Crippen LogP contribution < -0.4 is 15.4 Å². The van der Waals surface area contributed by atoms with Crippen molar-refractivity contribution >= 4 is 11.8 Å². The van der Waals surface area contributed by atoms with Crippen molar-refractivity contribution in [3.63, 3.8) is 0 Å². The van der Waals surface area contributed by atoms with Crippen LogP contribution in [0.3, 0.4) is 0 Å². The molecule has 0 spiro atoms. The summed E-state index contributed by atoms with van der Waals surface area (Å²) in [6.45, 7) is 3.95. The summed E-state index contributed by atoms with van der Waals surface area (Å²) in [4.78, 5) is 12.4. The van der Waals surface area contributed by atoms with Gasteiger partial charge < -0.3 is 14.5 Å². The summed E-state index contributed by atoms with van der Waals surface area (Å²) in [6, 6.07) is 18.8. The zero-order valence-electron chi connectivity index (χ0n) is 16.6. The van der Waals surface area contributed by atoms with Crippen LogP contribution >= 0.6 is 0 Å². The van der Waals surface area contributed by atoms with Crippen LogP contribution in [0, 0.1) is 11.8 Å². The number of nitrogens with one attached hydrogen (secondary N) is 2. The number of anilines is 1. The zero-order valence-corrected chi connectivity index (χ0v) is 16.6. The molecule has 4 rings (SSSR count). The third kappa shape index (κ3) is 5.27. The fourth-order valence-corrected chi connectivity index (χ4v) is 3.42. The molecule has 3 aromatic rings. The van der Waals surface area contributed by atoms with Crippen LogP contribution in [-0.4, -0.2) is 12.6 Å². The van der Waals surface area contributed by atoms with Crippen molar-refractivity contribution in [3.05, 3.63) is 72.5 Å². The molecule has 150 valence electrons. The lowest BCUT2D eigenvalue weighted by molar-refractivity contribution is 0.214. The van der Waals surface area contributed by atoms with Crippen LogP contribution in [0.4, 0.5) is 10.5 Å². The first kappa shape index (κ1) is 19.3. The average Bonchev–Trinajstić information content (AvgIpc) is 3.44. The summed E-state index contributed by atoms with van der Waals surface area (Å²) in [6.07, 6.45) is 3.84. The molecule has 0 saturated heterocycles. The van der Waals surface area contributed by atoms with E-state index in [9.17, 15) is 4.79 Å². The van der Waals surface area contributed by atoms with E-state index in [0.29, 0.717) is 23.9 Å². The highest BCUT2D eigenvalue weighted by Crippen LogP contribution is 2.36. The second-order valence-corrected chi connectivity index (χ2v) is 7.62. The van der Waals surface area contributed by atoms with Gasteiger partial charge in [0.1, 0.15) is 11.5 Å². The van der Waals surface area contributed by atoms with E-state index in [1.54, 1.807) is 6.26 Å². The predicted octanol–water partition coefficient (Wildman–Crippen LogP) is 5.69. The van der Waals surface area contributed by atoms with Gasteiger partial charge in [-0.1, -0.05) is 25.1 Å². The number of furan rings is 1. The van der Waals surface area contributed by atoms with Crippen LogP contribution in [0.2, 0.25) is 0 Å². The van der Waals surface area contributed by atoms with E-state index in [4.69, 9.17) is 9.15 Å². The van der Waals surface area contributed by atoms with Crippen molar-refractivity contribution in [2.24, 2.45) is 11.8 Å². The van der Waals surface area contributed by atoms with Gasteiger partial charge in [-0.05, 0) is 73.7 Å². The van der Waals surface area contributed by atoms with E-state index in [-0.39, 0.29) is 0 Å². The lowest BCUT2D eigenvalue weighted by atomic mass is 10.1. The van der Waals surface area contributed by atoms with Crippen molar-refractivity contribution < 1.29 is 13.9 Å². The number of amides is 1. The Morgan fingerprint density at radius 1 is 1.10 bits per heavy atom. The molecule has 1 aromatic heterocycles. The molecule has 5 heteroatoms. The normalized spacial score (nSPS) is 14.4. The molecule has 1 amide bonds. The number of carbonyl (C=O) groups excluding carboxylic acids is 1. The van der Waals surface area contributed by atoms with E-state index < -0.39 is 6.09 Å². The van der Waals surface area contributed by atoms with Gasteiger partial charge >= 0.3 is 6.09 Å². The molecule has 1 atom stereocenters. The molecule has 1 unspecified atom stereocenters. The minimum absolute atomic E-state index is 0.505. The van der Waals surface area contributed by atoms with Gasteiger partial charge in [-0.25, -0.2) is 4.79 Å². The number of para-hydroxylation sites is 1. The summed E-state index contributed by atoms with van der Waals surface area (Å²) in [5, 5.41) is 6.26. The molecule has 0 bridgehead atoms. The van der Waals surface area contributed by atoms with Crippen molar-refractivity contribution in [2.75, 3.05) is 11.9 Å². The van der Waals surface area contributed by atoms with Gasteiger partial charge in [-0.15, -0.1) is 0 Å². The Morgan fingerprint density at radius 2 is 1.90 bits per heavy atom. The van der Waals surface area contributed by atoms with Crippen LogP contribution in [0.5, 0.6) is 5.75 Å². The van der Waals surface area contributed by atoms with E-state index in [2.05, 4.69) is 17.6 Å². The first-order chi connectivity index (χ1) is 14.2. The second kappa shape index (κ2) is 8.97. The third-order valence-electron chi connectivity index (χ3n) is 5.32. The number of hydrogen-bond acceptors (Lipinski definition) is 4. The molecule has 1 fully saturated rings. The van der Waals surface area contributed by atoms with Crippen molar-refractivity contribution in [2.45, 2.75) is 26.3 Å². The van der Waals surface area contributed by atoms with Crippen LogP contribution in [-0.2, 0) is 6.54 Å². The summed E-state index contributed by atoms with van der Waals surface area (Å²) >= 11 is 0. The minimum atomic E-state index is -0.505.